The van der Waals surface area contributed by atoms with Crippen molar-refractivity contribution in [1.82, 2.24) is 10.6 Å². The molecule has 27 heavy (non-hydrogen) atoms. The van der Waals surface area contributed by atoms with E-state index < -0.39 is 5.97 Å². The van der Waals surface area contributed by atoms with Crippen LogP contribution in [0.3, 0.4) is 0 Å². The third-order valence-corrected chi connectivity index (χ3v) is 4.57. The molecule has 0 atom stereocenters. The lowest BCUT2D eigenvalue weighted by atomic mass is 10.0. The van der Waals surface area contributed by atoms with Gasteiger partial charge in [0.1, 0.15) is 0 Å². The number of carboxylic acids is 1. The fraction of sp³-hybridized carbons (Fsp3) is 0.857. The van der Waals surface area contributed by atoms with Crippen molar-refractivity contribution in [3.63, 3.8) is 0 Å². The molecule has 6 nitrogen and oxygen atoms in total. The SMILES string of the molecule is CCCCNC(=O)CCCCCCCCCCCCC(=O)NCCC(=O)O. The lowest BCUT2D eigenvalue weighted by molar-refractivity contribution is -0.137. The molecule has 0 aromatic carbocycles. The van der Waals surface area contributed by atoms with E-state index in [2.05, 4.69) is 17.6 Å². The van der Waals surface area contributed by atoms with Crippen molar-refractivity contribution >= 4 is 17.8 Å². The van der Waals surface area contributed by atoms with E-state index in [1.54, 1.807) is 0 Å². The highest BCUT2D eigenvalue weighted by molar-refractivity contribution is 5.76. The van der Waals surface area contributed by atoms with Gasteiger partial charge in [0.15, 0.2) is 0 Å². The zero-order valence-electron chi connectivity index (χ0n) is 17.2. The number of hydrogen-bond donors (Lipinski definition) is 3. The summed E-state index contributed by atoms with van der Waals surface area (Å²) in [4.78, 5) is 33.3. The molecule has 0 aliphatic carbocycles. The molecule has 3 N–H and O–H groups in total. The molecular weight excluding hydrogens is 344 g/mol. The van der Waals surface area contributed by atoms with Crippen molar-refractivity contribution in [2.24, 2.45) is 0 Å². The zero-order chi connectivity index (χ0) is 20.2. The molecule has 0 unspecified atom stereocenters. The van der Waals surface area contributed by atoms with Crippen molar-refractivity contribution in [2.75, 3.05) is 13.1 Å². The molecule has 158 valence electrons. The highest BCUT2D eigenvalue weighted by Gasteiger charge is 2.03. The van der Waals surface area contributed by atoms with Gasteiger partial charge in [-0.3, -0.25) is 14.4 Å². The minimum atomic E-state index is -0.886. The molecule has 0 saturated carbocycles. The van der Waals surface area contributed by atoms with E-state index in [0.29, 0.717) is 12.8 Å². The predicted octanol–water partition coefficient (Wildman–Crippen LogP) is 4.17. The number of rotatable bonds is 19. The van der Waals surface area contributed by atoms with Gasteiger partial charge in [-0.2, -0.15) is 0 Å². The molecule has 0 spiro atoms. The maximum Gasteiger partial charge on any atom is 0.305 e. The Balaban J connectivity index is 3.21. The minimum absolute atomic E-state index is 0.0160. The second kappa shape index (κ2) is 19.2. The Morgan fingerprint density at radius 2 is 1.00 bits per heavy atom. The average molecular weight is 385 g/mol. The van der Waals surface area contributed by atoms with E-state index in [9.17, 15) is 14.4 Å². The number of nitrogens with one attached hydrogen (secondary N) is 2. The molecule has 0 aromatic heterocycles. The van der Waals surface area contributed by atoms with E-state index in [1.165, 1.54) is 32.1 Å². The average Bonchev–Trinajstić information content (AvgIpc) is 2.62. The fourth-order valence-corrected chi connectivity index (χ4v) is 2.88. The standard InChI is InChI=1S/C21H40N2O4/c1-2-3-17-22-19(24)14-12-10-8-6-4-5-7-9-11-13-15-20(25)23-18-16-21(26)27/h2-18H2,1H3,(H,22,24)(H,23,25)(H,26,27). The van der Waals surface area contributed by atoms with Crippen LogP contribution in [0.1, 0.15) is 103 Å². The molecule has 0 radical (unpaired) electrons. The van der Waals surface area contributed by atoms with Crippen LogP contribution in [0.4, 0.5) is 0 Å². The van der Waals surface area contributed by atoms with E-state index in [1.807, 2.05) is 0 Å². The Kier molecular flexibility index (Phi) is 18.0. The number of carbonyl (C=O) groups is 3. The first-order valence-electron chi connectivity index (χ1n) is 10.8. The predicted molar refractivity (Wildman–Crippen MR) is 109 cm³/mol. The molecule has 0 saturated heterocycles. The number of amides is 2. The Labute approximate surface area is 164 Å². The minimum Gasteiger partial charge on any atom is -0.481 e. The van der Waals surface area contributed by atoms with Gasteiger partial charge < -0.3 is 15.7 Å². The lowest BCUT2D eigenvalue weighted by Crippen LogP contribution is -2.25. The summed E-state index contributed by atoms with van der Waals surface area (Å²) in [5.74, 6) is -0.738. The normalized spacial score (nSPS) is 10.6. The van der Waals surface area contributed by atoms with Crippen LogP contribution >= 0.6 is 0 Å². The first-order chi connectivity index (χ1) is 13.1. The monoisotopic (exact) mass is 384 g/mol. The van der Waals surface area contributed by atoms with Gasteiger partial charge in [0.05, 0.1) is 6.42 Å². The van der Waals surface area contributed by atoms with Crippen molar-refractivity contribution in [1.29, 1.82) is 0 Å². The summed E-state index contributed by atoms with van der Waals surface area (Å²) < 4.78 is 0. The number of unbranched alkanes of at least 4 members (excludes halogenated alkanes) is 10. The molecular formula is C21H40N2O4. The summed E-state index contributed by atoms with van der Waals surface area (Å²) >= 11 is 0. The number of aliphatic carboxylic acids is 1. The molecule has 0 aromatic rings. The van der Waals surface area contributed by atoms with Gasteiger partial charge in [-0.1, -0.05) is 64.7 Å². The second-order valence-corrected chi connectivity index (χ2v) is 7.23. The van der Waals surface area contributed by atoms with Crippen LogP contribution in [0.15, 0.2) is 0 Å². The Morgan fingerprint density at radius 3 is 1.41 bits per heavy atom. The van der Waals surface area contributed by atoms with Crippen LogP contribution in [0.2, 0.25) is 0 Å². The maximum absolute atomic E-state index is 11.5. The van der Waals surface area contributed by atoms with Crippen molar-refractivity contribution in [3.8, 4) is 0 Å². The molecule has 2 amide bonds. The Hall–Kier alpha value is -1.59. The van der Waals surface area contributed by atoms with Crippen LogP contribution < -0.4 is 10.6 Å². The number of carbonyl (C=O) groups excluding carboxylic acids is 2. The third-order valence-electron chi connectivity index (χ3n) is 4.57. The Bertz CT molecular complexity index is 400. The summed E-state index contributed by atoms with van der Waals surface area (Å²) in [7, 11) is 0. The third kappa shape index (κ3) is 20.6. The van der Waals surface area contributed by atoms with Gasteiger partial charge in [-0.05, 0) is 19.3 Å². The highest BCUT2D eigenvalue weighted by atomic mass is 16.4. The van der Waals surface area contributed by atoms with Gasteiger partial charge in [-0.15, -0.1) is 0 Å². The van der Waals surface area contributed by atoms with Gasteiger partial charge in [0, 0.05) is 25.9 Å². The lowest BCUT2D eigenvalue weighted by Gasteiger charge is -2.05. The summed E-state index contributed by atoms with van der Waals surface area (Å²) in [5, 5.41) is 14.1. The summed E-state index contributed by atoms with van der Waals surface area (Å²) in [5.41, 5.74) is 0. The van der Waals surface area contributed by atoms with Gasteiger partial charge in [0.25, 0.3) is 0 Å². The van der Waals surface area contributed by atoms with Crippen LogP contribution in [0.25, 0.3) is 0 Å². The van der Waals surface area contributed by atoms with Crippen molar-refractivity contribution < 1.29 is 19.5 Å². The molecule has 0 bridgehead atoms. The highest BCUT2D eigenvalue weighted by Crippen LogP contribution is 2.12. The summed E-state index contributed by atoms with van der Waals surface area (Å²) in [6, 6.07) is 0. The van der Waals surface area contributed by atoms with Crippen LogP contribution in [0.5, 0.6) is 0 Å². The summed E-state index contributed by atoms with van der Waals surface area (Å²) in [6.07, 6.45) is 14.7. The smallest absolute Gasteiger partial charge is 0.305 e. The van der Waals surface area contributed by atoms with E-state index in [0.717, 1.165) is 51.5 Å². The zero-order valence-corrected chi connectivity index (χ0v) is 17.2. The van der Waals surface area contributed by atoms with E-state index >= 15 is 0 Å². The summed E-state index contributed by atoms with van der Waals surface area (Å²) in [6.45, 7) is 3.15. The van der Waals surface area contributed by atoms with Crippen molar-refractivity contribution in [3.05, 3.63) is 0 Å². The fourth-order valence-electron chi connectivity index (χ4n) is 2.88. The topological polar surface area (TPSA) is 95.5 Å². The van der Waals surface area contributed by atoms with E-state index in [-0.39, 0.29) is 24.8 Å². The van der Waals surface area contributed by atoms with Crippen molar-refractivity contribution in [2.45, 2.75) is 103 Å². The maximum atomic E-state index is 11.5. The van der Waals surface area contributed by atoms with Gasteiger partial charge >= 0.3 is 5.97 Å². The quantitative estimate of drug-likeness (QED) is 0.291. The van der Waals surface area contributed by atoms with Crippen LogP contribution in [0, 0.1) is 0 Å². The van der Waals surface area contributed by atoms with Gasteiger partial charge in [-0.25, -0.2) is 0 Å². The molecule has 0 aliphatic heterocycles. The first kappa shape index (κ1) is 25.4. The second-order valence-electron chi connectivity index (χ2n) is 7.23. The van der Waals surface area contributed by atoms with Crippen LogP contribution in [-0.4, -0.2) is 36.0 Å². The molecule has 0 aliphatic rings. The van der Waals surface area contributed by atoms with E-state index in [4.69, 9.17) is 5.11 Å². The number of carboxylic acid groups (broad SMARTS) is 1. The van der Waals surface area contributed by atoms with Gasteiger partial charge in [0.2, 0.25) is 11.8 Å². The first-order valence-corrected chi connectivity index (χ1v) is 10.8. The Morgan fingerprint density at radius 1 is 0.593 bits per heavy atom. The number of hydrogen-bond acceptors (Lipinski definition) is 3. The molecule has 0 heterocycles. The molecule has 0 rings (SSSR count). The molecule has 6 heteroatoms. The van der Waals surface area contributed by atoms with Crippen LogP contribution in [-0.2, 0) is 14.4 Å². The molecule has 0 fully saturated rings. The largest absolute Gasteiger partial charge is 0.481 e.